The predicted octanol–water partition coefficient (Wildman–Crippen LogP) is 3.75. The summed E-state index contributed by atoms with van der Waals surface area (Å²) in [6, 6.07) is 1.96. The number of carbonyl (C=O) groups is 1. The number of aryl methyl sites for hydroxylation is 1. The summed E-state index contributed by atoms with van der Waals surface area (Å²) >= 11 is 1.65. The second-order valence-corrected chi connectivity index (χ2v) is 5.64. The van der Waals surface area contributed by atoms with Gasteiger partial charge in [0, 0.05) is 10.4 Å². The van der Waals surface area contributed by atoms with Gasteiger partial charge in [-0.15, -0.1) is 11.3 Å². The van der Waals surface area contributed by atoms with E-state index in [2.05, 4.69) is 32.6 Å². The third-order valence-corrected chi connectivity index (χ3v) is 4.59. The van der Waals surface area contributed by atoms with Crippen LogP contribution in [0, 0.1) is 6.92 Å². The van der Waals surface area contributed by atoms with Crippen molar-refractivity contribution < 1.29 is 4.79 Å². The van der Waals surface area contributed by atoms with Gasteiger partial charge in [0.2, 0.25) is 0 Å². The summed E-state index contributed by atoms with van der Waals surface area (Å²) in [6.45, 7) is 12.2. The summed E-state index contributed by atoms with van der Waals surface area (Å²) < 4.78 is 0. The predicted molar refractivity (Wildman–Crippen MR) is 75.0 cm³/mol. The molecule has 0 aliphatic carbocycles. The Hall–Kier alpha value is -0.670. The molecule has 2 nitrogen and oxygen atoms in total. The maximum absolute atomic E-state index is 12.7. The third-order valence-electron chi connectivity index (χ3n) is 3.74. The summed E-state index contributed by atoms with van der Waals surface area (Å²) in [6.07, 6.45) is 0.850. The first kappa shape index (κ1) is 14.4. The number of hydrogen-bond donors (Lipinski definition) is 0. The first-order valence-electron chi connectivity index (χ1n) is 6.35. The van der Waals surface area contributed by atoms with Gasteiger partial charge in [0.15, 0.2) is 5.78 Å². The second-order valence-electron chi connectivity index (χ2n) is 4.52. The van der Waals surface area contributed by atoms with Gasteiger partial charge in [0.1, 0.15) is 0 Å². The zero-order chi connectivity index (χ0) is 13.1. The molecule has 1 aromatic rings. The molecule has 0 fully saturated rings. The Balaban J connectivity index is 3.09. The summed E-state index contributed by atoms with van der Waals surface area (Å²) in [5.41, 5.74) is 0.529. The van der Waals surface area contributed by atoms with E-state index in [-0.39, 0.29) is 11.3 Å². The summed E-state index contributed by atoms with van der Waals surface area (Å²) in [4.78, 5) is 16.1. The topological polar surface area (TPSA) is 20.3 Å². The van der Waals surface area contributed by atoms with Crippen LogP contribution in [0.1, 0.15) is 49.4 Å². The molecule has 0 bridgehead atoms. The molecule has 0 radical (unpaired) electrons. The van der Waals surface area contributed by atoms with Crippen LogP contribution >= 0.6 is 11.3 Å². The van der Waals surface area contributed by atoms with Gasteiger partial charge >= 0.3 is 0 Å². The van der Waals surface area contributed by atoms with Crippen LogP contribution in [0.2, 0.25) is 0 Å². The Morgan fingerprint density at radius 2 is 1.94 bits per heavy atom. The molecule has 0 saturated carbocycles. The van der Waals surface area contributed by atoms with Crippen LogP contribution in [0.5, 0.6) is 0 Å². The van der Waals surface area contributed by atoms with Gasteiger partial charge in [-0.1, -0.05) is 20.8 Å². The smallest absolute Gasteiger partial charge is 0.183 e. The van der Waals surface area contributed by atoms with Crippen LogP contribution in [0.25, 0.3) is 0 Å². The van der Waals surface area contributed by atoms with Crippen LogP contribution in [0.4, 0.5) is 0 Å². The van der Waals surface area contributed by atoms with E-state index < -0.39 is 0 Å². The van der Waals surface area contributed by atoms with Crippen LogP contribution in [0.15, 0.2) is 11.4 Å². The molecule has 0 aliphatic rings. The van der Waals surface area contributed by atoms with Crippen molar-refractivity contribution in [2.24, 2.45) is 0 Å². The fourth-order valence-corrected chi connectivity index (χ4v) is 3.06. The molecule has 1 heterocycles. The van der Waals surface area contributed by atoms with Gasteiger partial charge in [-0.2, -0.15) is 0 Å². The second kappa shape index (κ2) is 5.78. The van der Waals surface area contributed by atoms with Crippen molar-refractivity contribution in [3.8, 4) is 0 Å². The highest BCUT2D eigenvalue weighted by Gasteiger charge is 2.37. The molecule has 17 heavy (non-hydrogen) atoms. The lowest BCUT2D eigenvalue weighted by atomic mass is 9.87. The average molecular weight is 253 g/mol. The lowest BCUT2D eigenvalue weighted by Crippen LogP contribution is -2.51. The number of carbonyl (C=O) groups excluding carboxylic acids is 1. The Morgan fingerprint density at radius 3 is 2.29 bits per heavy atom. The van der Waals surface area contributed by atoms with E-state index >= 15 is 0 Å². The molecule has 1 rings (SSSR count). The highest BCUT2D eigenvalue weighted by atomic mass is 32.1. The number of hydrogen-bond acceptors (Lipinski definition) is 3. The number of ketones is 1. The highest BCUT2D eigenvalue weighted by molar-refractivity contribution is 7.10. The molecule has 1 unspecified atom stereocenters. The monoisotopic (exact) mass is 253 g/mol. The lowest BCUT2D eigenvalue weighted by molar-refractivity contribution is 0.0607. The molecule has 0 spiro atoms. The highest BCUT2D eigenvalue weighted by Crippen LogP contribution is 2.27. The molecule has 3 heteroatoms. The van der Waals surface area contributed by atoms with E-state index in [1.165, 1.54) is 0 Å². The van der Waals surface area contributed by atoms with Crippen molar-refractivity contribution in [1.29, 1.82) is 0 Å². The SMILES string of the molecule is CCN(CC)C(C)(CC)C(=O)c1ccsc1C. The van der Waals surface area contributed by atoms with Crippen molar-refractivity contribution in [2.45, 2.75) is 46.6 Å². The Morgan fingerprint density at radius 1 is 1.35 bits per heavy atom. The Kier molecular flexibility index (Phi) is 4.90. The summed E-state index contributed by atoms with van der Waals surface area (Å²) in [5, 5.41) is 2.00. The van der Waals surface area contributed by atoms with Gasteiger partial charge < -0.3 is 0 Å². The largest absolute Gasteiger partial charge is 0.292 e. The Bertz CT molecular complexity index is 381. The Labute approximate surface area is 109 Å². The number of nitrogens with zero attached hydrogens (tertiary/aromatic N) is 1. The van der Waals surface area contributed by atoms with E-state index in [4.69, 9.17) is 0 Å². The maximum atomic E-state index is 12.7. The molecule has 0 N–H and O–H groups in total. The molecule has 0 aromatic carbocycles. The van der Waals surface area contributed by atoms with Gasteiger partial charge in [-0.05, 0) is 44.8 Å². The van der Waals surface area contributed by atoms with Gasteiger partial charge in [0.05, 0.1) is 5.54 Å². The van der Waals surface area contributed by atoms with Crippen molar-refractivity contribution in [3.05, 3.63) is 21.9 Å². The summed E-state index contributed by atoms with van der Waals surface area (Å²) in [7, 11) is 0. The summed E-state index contributed by atoms with van der Waals surface area (Å²) in [5.74, 6) is 0.266. The minimum Gasteiger partial charge on any atom is -0.292 e. The number of Topliss-reactive ketones (excluding diaryl/α,β-unsaturated/α-hetero) is 1. The first-order chi connectivity index (χ1) is 8.01. The van der Waals surface area contributed by atoms with Crippen molar-refractivity contribution in [2.75, 3.05) is 13.1 Å². The van der Waals surface area contributed by atoms with Gasteiger partial charge in [0.25, 0.3) is 0 Å². The quantitative estimate of drug-likeness (QED) is 0.720. The molecule has 0 amide bonds. The van der Waals surface area contributed by atoms with Crippen LogP contribution in [-0.2, 0) is 0 Å². The van der Waals surface area contributed by atoms with Crippen molar-refractivity contribution in [1.82, 2.24) is 4.90 Å². The normalized spacial score (nSPS) is 14.9. The zero-order valence-corrected chi connectivity index (χ0v) is 12.4. The lowest BCUT2D eigenvalue weighted by Gasteiger charge is -2.38. The molecule has 1 atom stereocenters. The molecule has 96 valence electrons. The molecule has 0 saturated heterocycles. The van der Waals surface area contributed by atoms with E-state index in [9.17, 15) is 4.79 Å². The van der Waals surface area contributed by atoms with Crippen LogP contribution in [-0.4, -0.2) is 29.3 Å². The van der Waals surface area contributed by atoms with Crippen molar-refractivity contribution >= 4 is 17.1 Å². The van der Waals surface area contributed by atoms with Crippen LogP contribution < -0.4 is 0 Å². The molecular formula is C14H23NOS. The first-order valence-corrected chi connectivity index (χ1v) is 7.23. The minimum absolute atomic E-state index is 0.266. The number of likely N-dealkylation sites (N-methyl/N-ethyl adjacent to an activating group) is 1. The maximum Gasteiger partial charge on any atom is 0.183 e. The fraction of sp³-hybridized carbons (Fsp3) is 0.643. The van der Waals surface area contributed by atoms with Gasteiger partial charge in [-0.25, -0.2) is 0 Å². The van der Waals surface area contributed by atoms with E-state index in [1.54, 1.807) is 11.3 Å². The minimum atomic E-state index is -0.366. The molecule has 0 aliphatic heterocycles. The number of rotatable bonds is 6. The van der Waals surface area contributed by atoms with E-state index in [0.717, 1.165) is 30.0 Å². The van der Waals surface area contributed by atoms with Crippen molar-refractivity contribution in [3.63, 3.8) is 0 Å². The molecular weight excluding hydrogens is 230 g/mol. The average Bonchev–Trinajstić information content (AvgIpc) is 2.75. The zero-order valence-electron chi connectivity index (χ0n) is 11.5. The van der Waals surface area contributed by atoms with Crippen LogP contribution in [0.3, 0.4) is 0 Å². The number of thiophene rings is 1. The fourth-order valence-electron chi connectivity index (χ4n) is 2.36. The third kappa shape index (κ3) is 2.61. The van der Waals surface area contributed by atoms with E-state index in [0.29, 0.717) is 0 Å². The standard InChI is InChI=1S/C14H23NOS/c1-6-14(5,15(7-2)8-3)13(16)12-9-10-17-11(12)4/h9-10H,6-8H2,1-5H3. The molecule has 1 aromatic heterocycles. The van der Waals surface area contributed by atoms with E-state index in [1.807, 2.05) is 18.4 Å². The van der Waals surface area contributed by atoms with Gasteiger partial charge in [-0.3, -0.25) is 9.69 Å².